The number of nitrogens with zero attached hydrogens (tertiary/aromatic N) is 5. The van der Waals surface area contributed by atoms with E-state index in [0.717, 1.165) is 11.3 Å². The van der Waals surface area contributed by atoms with E-state index in [9.17, 15) is 4.79 Å². The van der Waals surface area contributed by atoms with Crippen molar-refractivity contribution >= 4 is 17.5 Å². The molecule has 3 rings (SSSR count). The van der Waals surface area contributed by atoms with Gasteiger partial charge in [0.15, 0.2) is 0 Å². The molecule has 0 saturated carbocycles. The maximum atomic E-state index is 12.6. The lowest BCUT2D eigenvalue weighted by molar-refractivity contribution is 0.0785. The van der Waals surface area contributed by atoms with Gasteiger partial charge in [-0.3, -0.25) is 4.79 Å². The molecule has 1 heterocycles. The molecule has 0 atom stereocenters. The molecule has 0 bridgehead atoms. The van der Waals surface area contributed by atoms with E-state index >= 15 is 0 Å². The number of hydrogen-bond acceptors (Lipinski definition) is 4. The Hall–Kier alpha value is -2.73. The first-order chi connectivity index (χ1) is 11.1. The highest BCUT2D eigenvalue weighted by molar-refractivity contribution is 6.30. The van der Waals surface area contributed by atoms with Crippen molar-refractivity contribution < 1.29 is 4.79 Å². The van der Waals surface area contributed by atoms with E-state index in [1.165, 1.54) is 11.0 Å². The van der Waals surface area contributed by atoms with Crippen LogP contribution in [0.15, 0.2) is 54.9 Å². The molecule has 23 heavy (non-hydrogen) atoms. The van der Waals surface area contributed by atoms with Crippen LogP contribution < -0.4 is 0 Å². The molecule has 0 radical (unpaired) electrons. The van der Waals surface area contributed by atoms with E-state index in [1.54, 1.807) is 30.1 Å². The number of halogens is 1. The van der Waals surface area contributed by atoms with Gasteiger partial charge in [-0.15, -0.1) is 5.10 Å². The van der Waals surface area contributed by atoms with Crippen molar-refractivity contribution in [1.29, 1.82) is 0 Å². The minimum absolute atomic E-state index is 0.0742. The Bertz CT molecular complexity index is 802. The average molecular weight is 328 g/mol. The third-order valence-corrected chi connectivity index (χ3v) is 3.64. The first-order valence-electron chi connectivity index (χ1n) is 6.97. The lowest BCUT2D eigenvalue weighted by atomic mass is 10.1. The summed E-state index contributed by atoms with van der Waals surface area (Å²) in [5, 5.41) is 11.7. The summed E-state index contributed by atoms with van der Waals surface area (Å²) in [4.78, 5) is 14.2. The topological polar surface area (TPSA) is 63.9 Å². The van der Waals surface area contributed by atoms with Crippen LogP contribution in [0.4, 0.5) is 0 Å². The van der Waals surface area contributed by atoms with Gasteiger partial charge >= 0.3 is 0 Å². The molecular weight excluding hydrogens is 314 g/mol. The van der Waals surface area contributed by atoms with Crippen LogP contribution in [0.25, 0.3) is 5.69 Å². The van der Waals surface area contributed by atoms with Gasteiger partial charge in [0, 0.05) is 24.2 Å². The zero-order chi connectivity index (χ0) is 16.2. The summed E-state index contributed by atoms with van der Waals surface area (Å²) in [6.07, 6.45) is 1.49. The first-order valence-corrected chi connectivity index (χ1v) is 7.34. The standard InChI is InChI=1S/C16H14ClN5O/c1-21(10-12-5-7-14(17)8-6-12)16(23)13-3-2-4-15(9-13)22-11-18-19-20-22/h2-9,11H,10H2,1H3. The zero-order valence-corrected chi connectivity index (χ0v) is 13.2. The molecule has 0 aliphatic carbocycles. The van der Waals surface area contributed by atoms with Crippen molar-refractivity contribution in [2.24, 2.45) is 0 Å². The number of hydrogen-bond donors (Lipinski definition) is 0. The molecule has 0 fully saturated rings. The van der Waals surface area contributed by atoms with Crippen LogP contribution in [0.5, 0.6) is 0 Å². The van der Waals surface area contributed by atoms with Gasteiger partial charge in [0.2, 0.25) is 0 Å². The third-order valence-electron chi connectivity index (χ3n) is 3.39. The second-order valence-corrected chi connectivity index (χ2v) is 5.53. The third kappa shape index (κ3) is 3.54. The van der Waals surface area contributed by atoms with E-state index in [-0.39, 0.29) is 5.91 Å². The monoisotopic (exact) mass is 327 g/mol. The lowest BCUT2D eigenvalue weighted by Gasteiger charge is -2.17. The molecule has 3 aromatic rings. The van der Waals surface area contributed by atoms with Crippen molar-refractivity contribution in [1.82, 2.24) is 25.1 Å². The summed E-state index contributed by atoms with van der Waals surface area (Å²) in [5.74, 6) is -0.0742. The van der Waals surface area contributed by atoms with Crippen molar-refractivity contribution in [3.05, 3.63) is 71.0 Å². The summed E-state index contributed by atoms with van der Waals surface area (Å²) < 4.78 is 1.51. The highest BCUT2D eigenvalue weighted by Crippen LogP contribution is 2.14. The van der Waals surface area contributed by atoms with Crippen LogP contribution in [0.3, 0.4) is 0 Å². The van der Waals surface area contributed by atoms with Crippen LogP contribution in [0, 0.1) is 0 Å². The Morgan fingerprint density at radius 2 is 2.00 bits per heavy atom. The van der Waals surface area contributed by atoms with Gasteiger partial charge < -0.3 is 4.90 Å². The Balaban J connectivity index is 1.77. The molecule has 0 spiro atoms. The molecule has 0 aliphatic rings. The van der Waals surface area contributed by atoms with Crippen LogP contribution >= 0.6 is 11.6 Å². The van der Waals surface area contributed by atoms with Gasteiger partial charge in [0.05, 0.1) is 5.69 Å². The van der Waals surface area contributed by atoms with E-state index in [1.807, 2.05) is 30.3 Å². The van der Waals surface area contributed by atoms with Gasteiger partial charge in [-0.25, -0.2) is 4.68 Å². The Labute approximate surface area is 138 Å². The Morgan fingerprint density at radius 3 is 2.70 bits per heavy atom. The van der Waals surface area contributed by atoms with E-state index < -0.39 is 0 Å². The molecule has 0 saturated heterocycles. The summed E-state index contributed by atoms with van der Waals surface area (Å²) >= 11 is 5.87. The van der Waals surface area contributed by atoms with Crippen LogP contribution in [-0.4, -0.2) is 38.1 Å². The summed E-state index contributed by atoms with van der Waals surface area (Å²) in [6.45, 7) is 0.505. The summed E-state index contributed by atoms with van der Waals surface area (Å²) in [7, 11) is 1.76. The zero-order valence-electron chi connectivity index (χ0n) is 12.4. The van der Waals surface area contributed by atoms with Crippen molar-refractivity contribution in [2.45, 2.75) is 6.54 Å². The van der Waals surface area contributed by atoms with Crippen LogP contribution in [0.2, 0.25) is 5.02 Å². The maximum Gasteiger partial charge on any atom is 0.253 e. The molecule has 0 N–H and O–H groups in total. The largest absolute Gasteiger partial charge is 0.337 e. The summed E-state index contributed by atoms with van der Waals surface area (Å²) in [6, 6.07) is 14.6. The van der Waals surface area contributed by atoms with Gasteiger partial charge in [-0.1, -0.05) is 29.8 Å². The Kier molecular flexibility index (Phi) is 4.34. The van der Waals surface area contributed by atoms with Crippen LogP contribution in [0.1, 0.15) is 15.9 Å². The van der Waals surface area contributed by atoms with Crippen molar-refractivity contribution in [3.8, 4) is 5.69 Å². The molecular formula is C16H14ClN5O. The van der Waals surface area contributed by atoms with Crippen LogP contribution in [-0.2, 0) is 6.54 Å². The van der Waals surface area contributed by atoms with E-state index in [0.29, 0.717) is 17.1 Å². The second kappa shape index (κ2) is 6.58. The molecule has 0 unspecified atom stereocenters. The molecule has 2 aromatic carbocycles. The predicted octanol–water partition coefficient (Wildman–Crippen LogP) is 2.59. The van der Waals surface area contributed by atoms with Gasteiger partial charge in [0.25, 0.3) is 5.91 Å². The highest BCUT2D eigenvalue weighted by atomic mass is 35.5. The van der Waals surface area contributed by atoms with Gasteiger partial charge in [-0.2, -0.15) is 0 Å². The normalized spacial score (nSPS) is 10.5. The highest BCUT2D eigenvalue weighted by Gasteiger charge is 2.13. The number of rotatable bonds is 4. The maximum absolute atomic E-state index is 12.6. The summed E-state index contributed by atoms with van der Waals surface area (Å²) in [5.41, 5.74) is 2.33. The fraction of sp³-hybridized carbons (Fsp3) is 0.125. The predicted molar refractivity (Wildman–Crippen MR) is 86.4 cm³/mol. The molecule has 7 heteroatoms. The van der Waals surface area contributed by atoms with Gasteiger partial charge in [-0.05, 0) is 46.3 Å². The van der Waals surface area contributed by atoms with Crippen molar-refractivity contribution in [2.75, 3.05) is 7.05 Å². The second-order valence-electron chi connectivity index (χ2n) is 5.09. The first kappa shape index (κ1) is 15.2. The minimum Gasteiger partial charge on any atom is -0.337 e. The molecule has 1 amide bonds. The minimum atomic E-state index is -0.0742. The fourth-order valence-electron chi connectivity index (χ4n) is 2.22. The smallest absolute Gasteiger partial charge is 0.253 e. The number of carbonyl (C=O) groups excluding carboxylic acids is 1. The number of amides is 1. The fourth-order valence-corrected chi connectivity index (χ4v) is 2.34. The SMILES string of the molecule is CN(Cc1ccc(Cl)cc1)C(=O)c1cccc(-n2cnnn2)c1. The average Bonchev–Trinajstić information content (AvgIpc) is 3.11. The quantitative estimate of drug-likeness (QED) is 0.739. The van der Waals surface area contributed by atoms with Crippen molar-refractivity contribution in [3.63, 3.8) is 0 Å². The van der Waals surface area contributed by atoms with Gasteiger partial charge in [0.1, 0.15) is 6.33 Å². The molecule has 0 aliphatic heterocycles. The van der Waals surface area contributed by atoms with E-state index in [2.05, 4.69) is 15.5 Å². The molecule has 116 valence electrons. The number of carbonyl (C=O) groups is 1. The number of aromatic nitrogens is 4. The number of benzene rings is 2. The lowest BCUT2D eigenvalue weighted by Crippen LogP contribution is -2.26. The Morgan fingerprint density at radius 1 is 1.22 bits per heavy atom. The molecule has 1 aromatic heterocycles. The molecule has 6 nitrogen and oxygen atoms in total. The number of tetrazole rings is 1. The van der Waals surface area contributed by atoms with E-state index in [4.69, 9.17) is 11.6 Å².